The maximum absolute atomic E-state index is 12.4. The summed E-state index contributed by atoms with van der Waals surface area (Å²) in [7, 11) is -3.60. The van der Waals surface area contributed by atoms with Crippen molar-refractivity contribution >= 4 is 38.9 Å². The van der Waals surface area contributed by atoms with Crippen LogP contribution in [0.2, 0.25) is 0 Å². The molecule has 7 nitrogen and oxygen atoms in total. The third-order valence-corrected chi connectivity index (χ3v) is 5.28. The predicted molar refractivity (Wildman–Crippen MR) is 118 cm³/mol. The average Bonchev–Trinajstić information content (AvgIpc) is 2.71. The van der Waals surface area contributed by atoms with Gasteiger partial charge in [0.1, 0.15) is 5.75 Å². The molecule has 1 amide bonds. The second-order valence-corrected chi connectivity index (χ2v) is 8.12. The van der Waals surface area contributed by atoms with E-state index in [1.54, 1.807) is 36.4 Å². The number of hydrogen-bond donors (Lipinski definition) is 3. The summed E-state index contributed by atoms with van der Waals surface area (Å²) in [6.45, 7) is 6.19. The summed E-state index contributed by atoms with van der Waals surface area (Å²) < 4.78 is 32.0. The molecule has 154 valence electrons. The van der Waals surface area contributed by atoms with Gasteiger partial charge in [0.2, 0.25) is 10.0 Å². The first kappa shape index (κ1) is 22.5. The van der Waals surface area contributed by atoms with E-state index >= 15 is 0 Å². The fraction of sp³-hybridized carbons (Fsp3) is 0.200. The number of ether oxygens (including phenoxy) is 1. The molecule has 0 aromatic heterocycles. The van der Waals surface area contributed by atoms with Crippen LogP contribution in [0.3, 0.4) is 0 Å². The van der Waals surface area contributed by atoms with Gasteiger partial charge in [-0.05, 0) is 61.1 Å². The molecule has 0 bridgehead atoms. The van der Waals surface area contributed by atoms with Crippen molar-refractivity contribution in [3.63, 3.8) is 0 Å². The van der Waals surface area contributed by atoms with E-state index in [0.717, 1.165) is 6.42 Å². The Bertz CT molecular complexity index is 973. The molecule has 0 fully saturated rings. The molecular weight excluding hydrogens is 410 g/mol. The molecule has 0 aliphatic carbocycles. The Morgan fingerprint density at radius 1 is 1.21 bits per heavy atom. The van der Waals surface area contributed by atoms with Crippen LogP contribution in [0.15, 0.2) is 66.1 Å². The molecule has 0 heterocycles. The van der Waals surface area contributed by atoms with E-state index in [-0.39, 0.29) is 22.5 Å². The van der Waals surface area contributed by atoms with Gasteiger partial charge in [-0.25, -0.2) is 13.1 Å². The molecule has 0 aliphatic rings. The van der Waals surface area contributed by atoms with Crippen LogP contribution in [0.4, 0.5) is 5.69 Å². The fourth-order valence-corrected chi connectivity index (χ4v) is 3.46. The number of hydrogen-bond acceptors (Lipinski definition) is 5. The van der Waals surface area contributed by atoms with Gasteiger partial charge in [0, 0.05) is 17.8 Å². The highest BCUT2D eigenvalue weighted by Crippen LogP contribution is 2.15. The van der Waals surface area contributed by atoms with E-state index < -0.39 is 10.0 Å². The monoisotopic (exact) mass is 433 g/mol. The summed E-state index contributed by atoms with van der Waals surface area (Å²) in [6.07, 6.45) is 2.33. The maximum Gasteiger partial charge on any atom is 0.257 e. The zero-order valence-corrected chi connectivity index (χ0v) is 17.6. The zero-order chi connectivity index (χ0) is 21.3. The molecule has 0 saturated heterocycles. The molecule has 0 aliphatic heterocycles. The van der Waals surface area contributed by atoms with Crippen molar-refractivity contribution in [3.8, 4) is 5.75 Å². The molecule has 0 saturated carbocycles. The lowest BCUT2D eigenvalue weighted by Gasteiger charge is -2.11. The standard InChI is InChI=1S/C20H23N3O4S2/c1-3-12-21-29(25,26)18-10-8-16(9-11-18)22-20(28)23-19(24)15-6-5-7-17(14-15)27-13-4-2/h3,5-11,14,21H,1,4,12-13H2,2H3,(H2,22,23,24,28). The minimum Gasteiger partial charge on any atom is -0.494 e. The van der Waals surface area contributed by atoms with E-state index in [1.165, 1.54) is 18.2 Å². The second-order valence-electron chi connectivity index (χ2n) is 5.95. The minimum atomic E-state index is -3.60. The predicted octanol–water partition coefficient (Wildman–Crippen LogP) is 3.07. The summed E-state index contributed by atoms with van der Waals surface area (Å²) in [4.78, 5) is 12.5. The maximum atomic E-state index is 12.4. The fourth-order valence-electron chi connectivity index (χ4n) is 2.25. The van der Waals surface area contributed by atoms with Crippen molar-refractivity contribution < 1.29 is 17.9 Å². The largest absolute Gasteiger partial charge is 0.494 e. The number of anilines is 1. The number of carbonyl (C=O) groups excluding carboxylic acids is 1. The van der Waals surface area contributed by atoms with Crippen LogP contribution in [0, 0.1) is 0 Å². The first-order valence-electron chi connectivity index (χ1n) is 8.91. The van der Waals surface area contributed by atoms with E-state index in [4.69, 9.17) is 17.0 Å². The lowest BCUT2D eigenvalue weighted by Crippen LogP contribution is -2.34. The first-order chi connectivity index (χ1) is 13.9. The van der Waals surface area contributed by atoms with Crippen molar-refractivity contribution in [3.05, 3.63) is 66.7 Å². The van der Waals surface area contributed by atoms with Crippen LogP contribution in [0.25, 0.3) is 0 Å². The van der Waals surface area contributed by atoms with E-state index in [9.17, 15) is 13.2 Å². The second kappa shape index (κ2) is 10.7. The summed E-state index contributed by atoms with van der Waals surface area (Å²) >= 11 is 5.16. The van der Waals surface area contributed by atoms with Gasteiger partial charge in [0.25, 0.3) is 5.91 Å². The molecule has 2 rings (SSSR count). The molecule has 29 heavy (non-hydrogen) atoms. The summed E-state index contributed by atoms with van der Waals surface area (Å²) in [5.41, 5.74) is 0.954. The van der Waals surface area contributed by atoms with Gasteiger partial charge in [-0.2, -0.15) is 0 Å². The third kappa shape index (κ3) is 6.97. The molecule has 0 unspecified atom stereocenters. The number of nitrogens with one attached hydrogen (secondary N) is 3. The zero-order valence-electron chi connectivity index (χ0n) is 16.0. The number of amides is 1. The molecule has 0 spiro atoms. The topological polar surface area (TPSA) is 96.5 Å². The smallest absolute Gasteiger partial charge is 0.257 e. The Morgan fingerprint density at radius 3 is 2.59 bits per heavy atom. The van der Waals surface area contributed by atoms with Crippen LogP contribution >= 0.6 is 12.2 Å². The van der Waals surface area contributed by atoms with Gasteiger partial charge in [0.15, 0.2) is 5.11 Å². The van der Waals surface area contributed by atoms with Crippen LogP contribution in [-0.2, 0) is 10.0 Å². The van der Waals surface area contributed by atoms with E-state index in [2.05, 4.69) is 21.9 Å². The lowest BCUT2D eigenvalue weighted by molar-refractivity contribution is 0.0977. The van der Waals surface area contributed by atoms with Crippen molar-refractivity contribution in [2.24, 2.45) is 0 Å². The van der Waals surface area contributed by atoms with Gasteiger partial charge in [-0.15, -0.1) is 6.58 Å². The normalized spacial score (nSPS) is 10.8. The molecule has 0 radical (unpaired) electrons. The number of thiocarbonyl (C=S) groups is 1. The highest BCUT2D eigenvalue weighted by atomic mass is 32.2. The van der Waals surface area contributed by atoms with Gasteiger partial charge < -0.3 is 10.1 Å². The van der Waals surface area contributed by atoms with Crippen LogP contribution in [-0.4, -0.2) is 32.6 Å². The van der Waals surface area contributed by atoms with E-state index in [1.807, 2.05) is 6.92 Å². The van der Waals surface area contributed by atoms with Crippen molar-refractivity contribution in [2.45, 2.75) is 18.2 Å². The summed E-state index contributed by atoms with van der Waals surface area (Å²) in [6, 6.07) is 12.8. The Balaban J connectivity index is 1.97. The quantitative estimate of drug-likeness (QED) is 0.415. The molecule has 0 atom stereocenters. The lowest BCUT2D eigenvalue weighted by atomic mass is 10.2. The van der Waals surface area contributed by atoms with E-state index in [0.29, 0.717) is 23.6 Å². The summed E-state index contributed by atoms with van der Waals surface area (Å²) in [5, 5.41) is 5.53. The Labute approximate surface area is 176 Å². The van der Waals surface area contributed by atoms with Crippen molar-refractivity contribution in [2.75, 3.05) is 18.5 Å². The Kier molecular flexibility index (Phi) is 8.32. The Hall–Kier alpha value is -2.75. The number of carbonyl (C=O) groups is 1. The third-order valence-electron chi connectivity index (χ3n) is 3.64. The van der Waals surface area contributed by atoms with Gasteiger partial charge in [0.05, 0.1) is 11.5 Å². The average molecular weight is 434 g/mol. The molecule has 2 aromatic carbocycles. The number of rotatable bonds is 9. The Morgan fingerprint density at radius 2 is 1.93 bits per heavy atom. The molecule has 3 N–H and O–H groups in total. The first-order valence-corrected chi connectivity index (χ1v) is 10.8. The van der Waals surface area contributed by atoms with Gasteiger partial charge in [-0.1, -0.05) is 19.1 Å². The molecule has 9 heteroatoms. The van der Waals surface area contributed by atoms with Crippen LogP contribution in [0.1, 0.15) is 23.7 Å². The molecular formula is C20H23N3O4S2. The highest BCUT2D eigenvalue weighted by Gasteiger charge is 2.13. The van der Waals surface area contributed by atoms with Crippen molar-refractivity contribution in [1.82, 2.24) is 10.0 Å². The van der Waals surface area contributed by atoms with Gasteiger partial charge >= 0.3 is 0 Å². The van der Waals surface area contributed by atoms with Gasteiger partial charge in [-0.3, -0.25) is 10.1 Å². The SMILES string of the molecule is C=CCNS(=O)(=O)c1ccc(NC(=S)NC(=O)c2cccc(OCCC)c2)cc1. The molecule has 2 aromatic rings. The number of sulfonamides is 1. The highest BCUT2D eigenvalue weighted by molar-refractivity contribution is 7.89. The van der Waals surface area contributed by atoms with Crippen LogP contribution < -0.4 is 20.1 Å². The van der Waals surface area contributed by atoms with Crippen LogP contribution in [0.5, 0.6) is 5.75 Å². The minimum absolute atomic E-state index is 0.0928. The summed E-state index contributed by atoms with van der Waals surface area (Å²) in [5.74, 6) is 0.234. The number of benzene rings is 2. The van der Waals surface area contributed by atoms with Crippen molar-refractivity contribution in [1.29, 1.82) is 0 Å².